The molecule has 1 saturated carbocycles. The van der Waals surface area contributed by atoms with Gasteiger partial charge >= 0.3 is 0 Å². The standard InChI is InChI=1S/C25H31NO4/c1-15-11-16(2)14-26(13-15)24(28)23-17(3)21-19(29-23)7-8-20-22(21)18(27)12-25(30-20)9-5-4-6-10-25/h7-8,15-16H,4-6,9-14H2,1-3H3/t15-,16+. The first-order valence-electron chi connectivity index (χ1n) is 11.4. The minimum absolute atomic E-state index is 0.0659. The number of rotatable bonds is 1. The zero-order valence-electron chi connectivity index (χ0n) is 18.3. The summed E-state index contributed by atoms with van der Waals surface area (Å²) in [6.07, 6.45) is 6.89. The van der Waals surface area contributed by atoms with Gasteiger partial charge in [-0.2, -0.15) is 0 Å². The molecule has 0 N–H and O–H groups in total. The highest BCUT2D eigenvalue weighted by Gasteiger charge is 2.43. The van der Waals surface area contributed by atoms with Gasteiger partial charge in [0, 0.05) is 24.0 Å². The highest BCUT2D eigenvalue weighted by Crippen LogP contribution is 2.45. The third-order valence-electron chi connectivity index (χ3n) is 7.26. The minimum atomic E-state index is -0.341. The predicted octanol–water partition coefficient (Wildman–Crippen LogP) is 5.53. The Kier molecular flexibility index (Phi) is 4.68. The molecule has 2 fully saturated rings. The van der Waals surface area contributed by atoms with Crippen LogP contribution in [0.5, 0.6) is 5.75 Å². The quantitative estimate of drug-likeness (QED) is 0.621. The van der Waals surface area contributed by atoms with E-state index in [1.165, 1.54) is 6.42 Å². The Morgan fingerprint density at radius 1 is 1.10 bits per heavy atom. The van der Waals surface area contributed by atoms with Crippen LogP contribution in [0.15, 0.2) is 16.5 Å². The lowest BCUT2D eigenvalue weighted by molar-refractivity contribution is 0.0139. The van der Waals surface area contributed by atoms with E-state index >= 15 is 0 Å². The molecule has 0 unspecified atom stereocenters. The molecule has 3 heterocycles. The van der Waals surface area contributed by atoms with Gasteiger partial charge in [-0.05, 0) is 63.0 Å². The van der Waals surface area contributed by atoms with Gasteiger partial charge in [-0.25, -0.2) is 0 Å². The molecule has 1 spiro atoms. The van der Waals surface area contributed by atoms with Gasteiger partial charge in [-0.1, -0.05) is 20.3 Å². The molecule has 3 aliphatic rings. The number of likely N-dealkylation sites (tertiary alicyclic amines) is 1. The third-order valence-corrected chi connectivity index (χ3v) is 7.26. The molecule has 5 rings (SSSR count). The van der Waals surface area contributed by atoms with Crippen molar-refractivity contribution in [3.63, 3.8) is 0 Å². The Morgan fingerprint density at radius 3 is 2.50 bits per heavy atom. The van der Waals surface area contributed by atoms with Gasteiger partial charge in [0.1, 0.15) is 16.9 Å². The van der Waals surface area contributed by atoms with Crippen molar-refractivity contribution in [2.24, 2.45) is 11.8 Å². The highest BCUT2D eigenvalue weighted by atomic mass is 16.5. The fraction of sp³-hybridized carbons (Fsp3) is 0.600. The van der Waals surface area contributed by atoms with Gasteiger partial charge in [0.15, 0.2) is 11.5 Å². The summed E-state index contributed by atoms with van der Waals surface area (Å²) < 4.78 is 12.5. The number of ether oxygens (including phenoxy) is 1. The molecule has 0 bridgehead atoms. The summed E-state index contributed by atoms with van der Waals surface area (Å²) in [7, 11) is 0. The molecule has 5 heteroatoms. The van der Waals surface area contributed by atoms with Crippen molar-refractivity contribution in [1.82, 2.24) is 4.90 Å². The molecular weight excluding hydrogens is 378 g/mol. The number of fused-ring (bicyclic) bond motifs is 3. The number of furan rings is 1. The molecule has 1 aliphatic carbocycles. The first kappa shape index (κ1) is 19.7. The van der Waals surface area contributed by atoms with Crippen molar-refractivity contribution in [3.05, 3.63) is 29.0 Å². The maximum Gasteiger partial charge on any atom is 0.289 e. The lowest BCUT2D eigenvalue weighted by Gasteiger charge is -2.40. The molecule has 5 nitrogen and oxygen atoms in total. The van der Waals surface area contributed by atoms with E-state index in [0.29, 0.717) is 40.9 Å². The first-order valence-corrected chi connectivity index (χ1v) is 11.4. The van der Waals surface area contributed by atoms with Gasteiger partial charge in [0.2, 0.25) is 0 Å². The van der Waals surface area contributed by atoms with E-state index in [0.717, 1.165) is 56.1 Å². The molecule has 2 aliphatic heterocycles. The number of hydrogen-bond acceptors (Lipinski definition) is 4. The van der Waals surface area contributed by atoms with Crippen molar-refractivity contribution in [2.45, 2.75) is 71.3 Å². The molecule has 1 aromatic carbocycles. The lowest BCUT2D eigenvalue weighted by Crippen LogP contribution is -2.43. The first-order chi connectivity index (χ1) is 14.4. The third kappa shape index (κ3) is 3.14. The number of aryl methyl sites for hydroxylation is 1. The van der Waals surface area contributed by atoms with Crippen LogP contribution in [0.2, 0.25) is 0 Å². The van der Waals surface area contributed by atoms with Crippen LogP contribution in [-0.4, -0.2) is 35.3 Å². The second-order valence-electron chi connectivity index (χ2n) is 9.97. The Bertz CT molecular complexity index is 1000. The second kappa shape index (κ2) is 7.14. The summed E-state index contributed by atoms with van der Waals surface area (Å²) in [6, 6.07) is 3.71. The molecule has 0 radical (unpaired) electrons. The molecule has 2 atom stereocenters. The zero-order valence-corrected chi connectivity index (χ0v) is 18.3. The molecule has 2 aromatic rings. The molecule has 1 aromatic heterocycles. The van der Waals surface area contributed by atoms with Crippen molar-refractivity contribution in [3.8, 4) is 5.75 Å². The van der Waals surface area contributed by atoms with E-state index in [2.05, 4.69) is 13.8 Å². The number of nitrogens with zero attached hydrogens (tertiary/aromatic N) is 1. The Balaban J connectivity index is 1.54. The smallest absolute Gasteiger partial charge is 0.289 e. The second-order valence-corrected chi connectivity index (χ2v) is 9.97. The van der Waals surface area contributed by atoms with Crippen LogP contribution in [0.3, 0.4) is 0 Å². The predicted molar refractivity (Wildman–Crippen MR) is 115 cm³/mol. The number of hydrogen-bond donors (Lipinski definition) is 0. The lowest BCUT2D eigenvalue weighted by atomic mass is 9.78. The van der Waals surface area contributed by atoms with Gasteiger partial charge in [-0.15, -0.1) is 0 Å². The summed E-state index contributed by atoms with van der Waals surface area (Å²) in [5.74, 6) is 2.04. The number of amides is 1. The summed E-state index contributed by atoms with van der Waals surface area (Å²) in [5, 5.41) is 0.754. The van der Waals surface area contributed by atoms with Crippen LogP contribution >= 0.6 is 0 Å². The van der Waals surface area contributed by atoms with Gasteiger partial charge in [-0.3, -0.25) is 9.59 Å². The Morgan fingerprint density at radius 2 is 1.80 bits per heavy atom. The molecule has 1 amide bonds. The number of Topliss-reactive ketones (excluding diaryl/α,β-unsaturated/α-hetero) is 1. The van der Waals surface area contributed by atoms with E-state index in [4.69, 9.17) is 9.15 Å². The van der Waals surface area contributed by atoms with Crippen molar-refractivity contribution in [2.75, 3.05) is 13.1 Å². The van der Waals surface area contributed by atoms with Crippen molar-refractivity contribution >= 4 is 22.7 Å². The van der Waals surface area contributed by atoms with Crippen LogP contribution in [0, 0.1) is 18.8 Å². The average Bonchev–Trinajstić information content (AvgIpc) is 3.03. The molecule has 160 valence electrons. The summed E-state index contributed by atoms with van der Waals surface area (Å²) in [6.45, 7) is 7.78. The largest absolute Gasteiger partial charge is 0.486 e. The summed E-state index contributed by atoms with van der Waals surface area (Å²) in [5.41, 5.74) is 1.62. The zero-order chi connectivity index (χ0) is 21.0. The van der Waals surface area contributed by atoms with Crippen molar-refractivity contribution < 1.29 is 18.7 Å². The highest BCUT2D eigenvalue weighted by molar-refractivity contribution is 6.13. The molecule has 1 saturated heterocycles. The number of benzene rings is 1. The van der Waals surface area contributed by atoms with Gasteiger partial charge < -0.3 is 14.1 Å². The van der Waals surface area contributed by atoms with Crippen molar-refractivity contribution in [1.29, 1.82) is 0 Å². The minimum Gasteiger partial charge on any atom is -0.486 e. The van der Waals surface area contributed by atoms with E-state index < -0.39 is 0 Å². The topological polar surface area (TPSA) is 59.8 Å². The Labute approximate surface area is 177 Å². The van der Waals surface area contributed by atoms with Crippen LogP contribution in [-0.2, 0) is 0 Å². The fourth-order valence-electron chi connectivity index (χ4n) is 5.99. The number of piperidine rings is 1. The fourth-order valence-corrected chi connectivity index (χ4v) is 5.99. The number of carbonyl (C=O) groups excluding carboxylic acids is 2. The van der Waals surface area contributed by atoms with Crippen LogP contribution in [0.1, 0.15) is 85.3 Å². The molecule has 30 heavy (non-hydrogen) atoms. The van der Waals surface area contributed by atoms with Crippen LogP contribution in [0.4, 0.5) is 0 Å². The maximum absolute atomic E-state index is 13.3. The van der Waals surface area contributed by atoms with E-state index in [9.17, 15) is 9.59 Å². The van der Waals surface area contributed by atoms with E-state index in [1.807, 2.05) is 24.0 Å². The average molecular weight is 410 g/mol. The Hall–Kier alpha value is -2.30. The number of carbonyl (C=O) groups is 2. The van der Waals surface area contributed by atoms with Gasteiger partial charge in [0.25, 0.3) is 5.91 Å². The van der Waals surface area contributed by atoms with Crippen LogP contribution < -0.4 is 4.74 Å². The number of ketones is 1. The SMILES string of the molecule is Cc1c(C(=O)N2C[C@H](C)C[C@H](C)C2)oc2ccc3c(c12)C(=O)CC1(CCCCC1)O3. The molecular formula is C25H31NO4. The monoisotopic (exact) mass is 409 g/mol. The van der Waals surface area contributed by atoms with Gasteiger partial charge in [0.05, 0.1) is 12.0 Å². The normalized spacial score (nSPS) is 26.0. The van der Waals surface area contributed by atoms with E-state index in [-0.39, 0.29) is 17.3 Å². The summed E-state index contributed by atoms with van der Waals surface area (Å²) in [4.78, 5) is 28.5. The maximum atomic E-state index is 13.3. The van der Waals surface area contributed by atoms with E-state index in [1.54, 1.807) is 0 Å². The van der Waals surface area contributed by atoms with Crippen LogP contribution in [0.25, 0.3) is 11.0 Å². The summed E-state index contributed by atoms with van der Waals surface area (Å²) >= 11 is 0.